The maximum atomic E-state index is 12.3. The Morgan fingerprint density at radius 2 is 1.61 bits per heavy atom. The molecule has 0 saturated carbocycles. The molecule has 0 fully saturated rings. The molecule has 2 N–H and O–H groups in total. The van der Waals surface area contributed by atoms with Gasteiger partial charge in [-0.25, -0.2) is 13.1 Å². The number of sulfonamides is 1. The van der Waals surface area contributed by atoms with E-state index < -0.39 is 10.0 Å². The molecule has 0 radical (unpaired) electrons. The Bertz CT molecular complexity index is 1060. The Balaban J connectivity index is 1.51. The normalized spacial score (nSPS) is 11.4. The van der Waals surface area contributed by atoms with Gasteiger partial charge in [0.1, 0.15) is 0 Å². The smallest absolute Gasteiger partial charge is 0.251 e. The zero-order valence-electron chi connectivity index (χ0n) is 15.8. The first-order valence-corrected chi connectivity index (χ1v) is 10.4. The molecule has 0 atom stereocenters. The lowest BCUT2D eigenvalue weighted by atomic mass is 10.1. The highest BCUT2D eigenvalue weighted by Gasteiger charge is 2.14. The monoisotopic (exact) mass is 397 g/mol. The number of benzene rings is 2. The summed E-state index contributed by atoms with van der Waals surface area (Å²) in [5.41, 5.74) is 3.43. The quantitative estimate of drug-likeness (QED) is 0.602. The summed E-state index contributed by atoms with van der Waals surface area (Å²) < 4.78 is 29.1. The van der Waals surface area contributed by atoms with E-state index in [1.165, 1.54) is 0 Å². The van der Waals surface area contributed by atoms with Crippen LogP contribution in [0.25, 0.3) is 5.69 Å². The number of nitrogens with zero attached hydrogens (tertiary/aromatic N) is 1. The maximum Gasteiger partial charge on any atom is 0.251 e. The predicted molar refractivity (Wildman–Crippen MR) is 109 cm³/mol. The highest BCUT2D eigenvalue weighted by Crippen LogP contribution is 2.14. The number of aryl methyl sites for hydroxylation is 2. The Hall–Kier alpha value is -2.90. The minimum Gasteiger partial charge on any atom is -0.351 e. The predicted octanol–water partition coefficient (Wildman–Crippen LogP) is 2.80. The largest absolute Gasteiger partial charge is 0.351 e. The number of hydrogen-bond acceptors (Lipinski definition) is 3. The van der Waals surface area contributed by atoms with E-state index in [0.29, 0.717) is 5.56 Å². The fourth-order valence-corrected chi connectivity index (χ4v) is 3.84. The number of aromatic nitrogens is 1. The summed E-state index contributed by atoms with van der Waals surface area (Å²) in [6.45, 7) is 4.11. The second-order valence-electron chi connectivity index (χ2n) is 6.54. The molecule has 0 aliphatic carbocycles. The Morgan fingerprint density at radius 3 is 2.25 bits per heavy atom. The van der Waals surface area contributed by atoms with Crippen LogP contribution in [0.3, 0.4) is 0 Å². The third-order valence-corrected chi connectivity index (χ3v) is 5.98. The van der Waals surface area contributed by atoms with Gasteiger partial charge < -0.3 is 9.88 Å². The van der Waals surface area contributed by atoms with Crippen molar-refractivity contribution in [3.63, 3.8) is 0 Å². The van der Waals surface area contributed by atoms with Crippen LogP contribution in [0, 0.1) is 13.8 Å². The molecule has 3 rings (SSSR count). The molecule has 0 bridgehead atoms. The molecule has 6 nitrogen and oxygen atoms in total. The summed E-state index contributed by atoms with van der Waals surface area (Å²) in [6, 6.07) is 16.1. The van der Waals surface area contributed by atoms with Gasteiger partial charge in [0.05, 0.1) is 4.90 Å². The van der Waals surface area contributed by atoms with E-state index >= 15 is 0 Å². The van der Waals surface area contributed by atoms with Crippen molar-refractivity contribution in [1.82, 2.24) is 14.6 Å². The number of rotatable bonds is 7. The SMILES string of the molecule is Cc1ccc(S(=O)(=O)NCCNC(=O)c2ccc(-n3cccc3)cc2)cc1C. The first-order chi connectivity index (χ1) is 13.4. The summed E-state index contributed by atoms with van der Waals surface area (Å²) in [5, 5.41) is 2.73. The molecular formula is C21H23N3O3S. The van der Waals surface area contributed by atoms with Crippen molar-refractivity contribution in [1.29, 1.82) is 0 Å². The molecule has 2 aromatic carbocycles. The lowest BCUT2D eigenvalue weighted by Gasteiger charge is -2.10. The fraction of sp³-hybridized carbons (Fsp3) is 0.190. The van der Waals surface area contributed by atoms with Gasteiger partial charge in [-0.1, -0.05) is 6.07 Å². The van der Waals surface area contributed by atoms with Crippen molar-refractivity contribution in [3.8, 4) is 5.69 Å². The van der Waals surface area contributed by atoms with E-state index in [4.69, 9.17) is 0 Å². The van der Waals surface area contributed by atoms with Crippen molar-refractivity contribution in [2.24, 2.45) is 0 Å². The summed E-state index contributed by atoms with van der Waals surface area (Å²) in [4.78, 5) is 12.4. The average molecular weight is 398 g/mol. The van der Waals surface area contributed by atoms with Gasteiger partial charge in [-0.3, -0.25) is 4.79 Å². The van der Waals surface area contributed by atoms with Crippen LogP contribution in [0.15, 0.2) is 71.9 Å². The van der Waals surface area contributed by atoms with Crippen LogP contribution in [0.2, 0.25) is 0 Å². The van der Waals surface area contributed by atoms with Crippen LogP contribution < -0.4 is 10.0 Å². The molecule has 28 heavy (non-hydrogen) atoms. The van der Waals surface area contributed by atoms with Gasteiger partial charge in [-0.05, 0) is 73.5 Å². The highest BCUT2D eigenvalue weighted by molar-refractivity contribution is 7.89. The van der Waals surface area contributed by atoms with Crippen molar-refractivity contribution in [2.75, 3.05) is 13.1 Å². The molecule has 1 heterocycles. The van der Waals surface area contributed by atoms with E-state index in [1.807, 2.05) is 55.1 Å². The van der Waals surface area contributed by atoms with Crippen LogP contribution in [0.1, 0.15) is 21.5 Å². The fourth-order valence-electron chi connectivity index (χ4n) is 2.72. The van der Waals surface area contributed by atoms with Crippen LogP contribution in [-0.2, 0) is 10.0 Å². The first-order valence-electron chi connectivity index (χ1n) is 8.95. The molecule has 0 saturated heterocycles. The van der Waals surface area contributed by atoms with Gasteiger partial charge in [0.15, 0.2) is 0 Å². The van der Waals surface area contributed by atoms with Gasteiger partial charge >= 0.3 is 0 Å². The topological polar surface area (TPSA) is 80.2 Å². The van der Waals surface area contributed by atoms with Crippen LogP contribution in [0.5, 0.6) is 0 Å². The second-order valence-corrected chi connectivity index (χ2v) is 8.30. The summed E-state index contributed by atoms with van der Waals surface area (Å²) in [6.07, 6.45) is 3.85. The standard InChI is InChI=1S/C21H23N3O3S/c1-16-5-10-20(15-17(16)2)28(26,27)23-12-11-22-21(25)18-6-8-19(9-7-18)24-13-3-4-14-24/h3-10,13-15,23H,11-12H2,1-2H3,(H,22,25). The molecule has 0 unspecified atom stereocenters. The van der Waals surface area contributed by atoms with E-state index in [-0.39, 0.29) is 23.9 Å². The molecule has 1 aromatic heterocycles. The minimum absolute atomic E-state index is 0.114. The van der Waals surface area contributed by atoms with E-state index in [9.17, 15) is 13.2 Å². The van der Waals surface area contributed by atoms with E-state index in [0.717, 1.165) is 16.8 Å². The van der Waals surface area contributed by atoms with Crippen LogP contribution >= 0.6 is 0 Å². The van der Waals surface area contributed by atoms with Gasteiger partial charge in [0.2, 0.25) is 10.0 Å². The summed E-state index contributed by atoms with van der Waals surface area (Å²) >= 11 is 0. The Kier molecular flexibility index (Phi) is 5.96. The van der Waals surface area contributed by atoms with Gasteiger partial charge in [-0.15, -0.1) is 0 Å². The Morgan fingerprint density at radius 1 is 0.929 bits per heavy atom. The van der Waals surface area contributed by atoms with Gasteiger partial charge in [0, 0.05) is 36.7 Å². The first kappa shape index (κ1) is 19.9. The highest BCUT2D eigenvalue weighted by atomic mass is 32.2. The molecular weight excluding hydrogens is 374 g/mol. The van der Waals surface area contributed by atoms with E-state index in [1.54, 1.807) is 30.3 Å². The lowest BCUT2D eigenvalue weighted by molar-refractivity contribution is 0.0954. The van der Waals surface area contributed by atoms with Crippen LogP contribution in [-0.4, -0.2) is 32.0 Å². The third kappa shape index (κ3) is 4.68. The molecule has 7 heteroatoms. The van der Waals surface area contributed by atoms with Crippen molar-refractivity contribution in [3.05, 3.63) is 83.7 Å². The third-order valence-electron chi connectivity index (χ3n) is 4.52. The molecule has 1 amide bonds. The molecule has 146 valence electrons. The Labute approximate surface area is 165 Å². The lowest BCUT2D eigenvalue weighted by Crippen LogP contribution is -2.34. The number of nitrogens with one attached hydrogen (secondary N) is 2. The van der Waals surface area contributed by atoms with E-state index in [2.05, 4.69) is 10.0 Å². The minimum atomic E-state index is -3.60. The molecule has 3 aromatic rings. The number of carbonyl (C=O) groups is 1. The van der Waals surface area contributed by atoms with Gasteiger partial charge in [0.25, 0.3) is 5.91 Å². The van der Waals surface area contributed by atoms with Crippen molar-refractivity contribution >= 4 is 15.9 Å². The molecule has 0 aliphatic rings. The maximum absolute atomic E-state index is 12.3. The average Bonchev–Trinajstić information content (AvgIpc) is 3.22. The molecule has 0 spiro atoms. The van der Waals surface area contributed by atoms with Gasteiger partial charge in [-0.2, -0.15) is 0 Å². The summed E-state index contributed by atoms with van der Waals surface area (Å²) in [5.74, 6) is -0.246. The zero-order valence-corrected chi connectivity index (χ0v) is 16.7. The van der Waals surface area contributed by atoms with Crippen molar-refractivity contribution < 1.29 is 13.2 Å². The second kappa shape index (κ2) is 8.41. The zero-order chi connectivity index (χ0) is 20.1. The number of carbonyl (C=O) groups excluding carboxylic acids is 1. The number of amides is 1. The van der Waals surface area contributed by atoms with Crippen molar-refractivity contribution in [2.45, 2.75) is 18.7 Å². The number of hydrogen-bond donors (Lipinski definition) is 2. The molecule has 0 aliphatic heterocycles. The van der Waals surface area contributed by atoms with Crippen LogP contribution in [0.4, 0.5) is 0 Å². The summed E-state index contributed by atoms with van der Waals surface area (Å²) in [7, 11) is -3.60.